The van der Waals surface area contributed by atoms with Crippen molar-refractivity contribution in [2.24, 2.45) is 0 Å². The monoisotopic (exact) mass is 282 g/mol. The number of aliphatic hydroxyl groups excluding tert-OH is 1. The Morgan fingerprint density at radius 1 is 1.47 bits per heavy atom. The van der Waals surface area contributed by atoms with Gasteiger partial charge in [0.15, 0.2) is 0 Å². The number of hydrogen-bond donors (Lipinski definition) is 2. The third-order valence-electron chi connectivity index (χ3n) is 2.70. The van der Waals surface area contributed by atoms with E-state index >= 15 is 0 Å². The topological polar surface area (TPSA) is 69.6 Å². The highest BCUT2D eigenvalue weighted by Crippen LogP contribution is 2.21. The number of anilines is 1. The third-order valence-corrected chi connectivity index (χ3v) is 4.55. The molecular formula is C13H18N2O3S. The summed E-state index contributed by atoms with van der Waals surface area (Å²) < 4.78 is 25.4. The van der Waals surface area contributed by atoms with Crippen LogP contribution in [0.2, 0.25) is 0 Å². The molecule has 1 aromatic rings. The number of nitrogens with zero attached hydrogens (tertiary/aromatic N) is 1. The van der Waals surface area contributed by atoms with Gasteiger partial charge in [-0.2, -0.15) is 4.31 Å². The van der Waals surface area contributed by atoms with Crippen LogP contribution in [0.3, 0.4) is 0 Å². The van der Waals surface area contributed by atoms with Gasteiger partial charge >= 0.3 is 0 Å². The van der Waals surface area contributed by atoms with Crippen LogP contribution in [0, 0.1) is 19.3 Å². The molecule has 1 rings (SSSR count). The largest absolute Gasteiger partial charge is 0.395 e. The molecule has 0 heterocycles. The normalized spacial score (nSPS) is 11.3. The molecule has 19 heavy (non-hydrogen) atoms. The highest BCUT2D eigenvalue weighted by atomic mass is 32.2. The average Bonchev–Trinajstić information content (AvgIpc) is 2.37. The minimum atomic E-state index is -3.56. The standard InChI is InChI=1S/C13H18N2O3S/c1-4-7-14-13-6-5-12(10-11(13)2)19(17,18)15(3)8-9-16/h1,5-6,10,14,16H,7-9H2,2-3H3. The van der Waals surface area contributed by atoms with Crippen molar-refractivity contribution in [3.8, 4) is 12.3 Å². The smallest absolute Gasteiger partial charge is 0.242 e. The van der Waals surface area contributed by atoms with Gasteiger partial charge in [0, 0.05) is 19.3 Å². The van der Waals surface area contributed by atoms with Crippen LogP contribution in [-0.4, -0.2) is 44.6 Å². The number of rotatable bonds is 6. The quantitative estimate of drug-likeness (QED) is 0.752. The maximum atomic E-state index is 12.2. The second-order valence-corrected chi connectivity index (χ2v) is 6.13. The zero-order chi connectivity index (χ0) is 14.5. The minimum Gasteiger partial charge on any atom is -0.395 e. The molecule has 0 atom stereocenters. The second kappa shape index (κ2) is 6.57. The van der Waals surface area contributed by atoms with Crippen molar-refractivity contribution < 1.29 is 13.5 Å². The number of terminal acetylenes is 1. The van der Waals surface area contributed by atoms with Gasteiger partial charge in [-0.25, -0.2) is 8.42 Å². The summed E-state index contributed by atoms with van der Waals surface area (Å²) in [7, 11) is -2.12. The molecule has 0 aliphatic carbocycles. The van der Waals surface area contributed by atoms with E-state index in [1.54, 1.807) is 12.1 Å². The number of likely N-dealkylation sites (N-methyl/N-ethyl adjacent to an activating group) is 1. The van der Waals surface area contributed by atoms with Gasteiger partial charge in [0.25, 0.3) is 0 Å². The predicted molar refractivity (Wildman–Crippen MR) is 75.4 cm³/mol. The van der Waals surface area contributed by atoms with E-state index in [-0.39, 0.29) is 18.0 Å². The highest BCUT2D eigenvalue weighted by molar-refractivity contribution is 7.89. The SMILES string of the molecule is C#CCNc1ccc(S(=O)(=O)N(C)CCO)cc1C. The van der Waals surface area contributed by atoms with Crippen LogP contribution in [0.15, 0.2) is 23.1 Å². The van der Waals surface area contributed by atoms with Crippen LogP contribution in [0.4, 0.5) is 5.69 Å². The van der Waals surface area contributed by atoms with E-state index in [1.165, 1.54) is 13.1 Å². The molecule has 0 saturated carbocycles. The second-order valence-electron chi connectivity index (χ2n) is 4.08. The van der Waals surface area contributed by atoms with Gasteiger partial charge in [0.2, 0.25) is 10.0 Å². The molecule has 0 aliphatic rings. The number of sulfonamides is 1. The number of nitrogens with one attached hydrogen (secondary N) is 1. The molecule has 0 bridgehead atoms. The van der Waals surface area contributed by atoms with E-state index in [4.69, 9.17) is 11.5 Å². The van der Waals surface area contributed by atoms with Crippen LogP contribution >= 0.6 is 0 Å². The Labute approximate surface area is 114 Å². The molecule has 0 aromatic heterocycles. The summed E-state index contributed by atoms with van der Waals surface area (Å²) in [6, 6.07) is 4.80. The predicted octanol–water partition coefficient (Wildman–Crippen LogP) is 0.653. The van der Waals surface area contributed by atoms with Crippen molar-refractivity contribution in [2.75, 3.05) is 32.1 Å². The maximum absolute atomic E-state index is 12.2. The zero-order valence-electron chi connectivity index (χ0n) is 11.0. The number of hydrogen-bond acceptors (Lipinski definition) is 4. The van der Waals surface area contributed by atoms with Crippen molar-refractivity contribution in [1.29, 1.82) is 0 Å². The lowest BCUT2D eigenvalue weighted by molar-refractivity contribution is 0.266. The first kappa shape index (κ1) is 15.5. The molecular weight excluding hydrogens is 264 g/mol. The van der Waals surface area contributed by atoms with Crippen molar-refractivity contribution in [1.82, 2.24) is 4.31 Å². The van der Waals surface area contributed by atoms with Crippen LogP contribution in [0.25, 0.3) is 0 Å². The van der Waals surface area contributed by atoms with E-state index < -0.39 is 10.0 Å². The van der Waals surface area contributed by atoms with Crippen molar-refractivity contribution in [2.45, 2.75) is 11.8 Å². The Morgan fingerprint density at radius 2 is 2.16 bits per heavy atom. The molecule has 0 fully saturated rings. The van der Waals surface area contributed by atoms with Gasteiger partial charge < -0.3 is 10.4 Å². The first-order chi connectivity index (χ1) is 8.93. The summed E-state index contributed by atoms with van der Waals surface area (Å²) in [5.41, 5.74) is 1.61. The summed E-state index contributed by atoms with van der Waals surface area (Å²) in [6.07, 6.45) is 5.16. The molecule has 0 unspecified atom stereocenters. The molecule has 5 nitrogen and oxygen atoms in total. The van der Waals surface area contributed by atoms with Crippen molar-refractivity contribution in [3.05, 3.63) is 23.8 Å². The van der Waals surface area contributed by atoms with E-state index in [1.807, 2.05) is 6.92 Å². The Kier molecular flexibility index (Phi) is 5.36. The van der Waals surface area contributed by atoms with E-state index in [0.717, 1.165) is 15.6 Å². The van der Waals surface area contributed by atoms with Gasteiger partial charge in [-0.05, 0) is 30.7 Å². The molecule has 0 spiro atoms. The summed E-state index contributed by atoms with van der Waals surface area (Å²) in [5.74, 6) is 2.46. The zero-order valence-corrected chi connectivity index (χ0v) is 11.9. The van der Waals surface area contributed by atoms with Gasteiger partial charge in [-0.15, -0.1) is 6.42 Å². The van der Waals surface area contributed by atoms with Crippen LogP contribution < -0.4 is 5.32 Å². The third kappa shape index (κ3) is 3.70. The van der Waals surface area contributed by atoms with Gasteiger partial charge in [-0.1, -0.05) is 5.92 Å². The molecule has 1 aromatic carbocycles. The van der Waals surface area contributed by atoms with Crippen molar-refractivity contribution in [3.63, 3.8) is 0 Å². The fourth-order valence-corrected chi connectivity index (χ4v) is 2.83. The van der Waals surface area contributed by atoms with Crippen LogP contribution in [0.1, 0.15) is 5.56 Å². The maximum Gasteiger partial charge on any atom is 0.242 e. The molecule has 104 valence electrons. The molecule has 0 saturated heterocycles. The van der Waals surface area contributed by atoms with Crippen LogP contribution in [-0.2, 0) is 10.0 Å². The number of aryl methyl sites for hydroxylation is 1. The van der Waals surface area contributed by atoms with Gasteiger partial charge in [0.05, 0.1) is 18.0 Å². The Morgan fingerprint density at radius 3 is 2.68 bits per heavy atom. The Bertz CT molecular complexity index is 576. The van der Waals surface area contributed by atoms with Gasteiger partial charge in [0.1, 0.15) is 0 Å². The molecule has 0 aliphatic heterocycles. The summed E-state index contributed by atoms with van der Waals surface area (Å²) >= 11 is 0. The van der Waals surface area contributed by atoms with E-state index in [2.05, 4.69) is 11.2 Å². The Hall–Kier alpha value is -1.55. The van der Waals surface area contributed by atoms with E-state index in [9.17, 15) is 8.42 Å². The van der Waals surface area contributed by atoms with Crippen molar-refractivity contribution >= 4 is 15.7 Å². The molecule has 0 amide bonds. The summed E-state index contributed by atoms with van der Waals surface area (Å²) in [4.78, 5) is 0.201. The summed E-state index contributed by atoms with van der Waals surface area (Å²) in [6.45, 7) is 2.05. The average molecular weight is 282 g/mol. The van der Waals surface area contributed by atoms with Crippen LogP contribution in [0.5, 0.6) is 0 Å². The lowest BCUT2D eigenvalue weighted by Gasteiger charge is -2.17. The number of benzene rings is 1. The fraction of sp³-hybridized carbons (Fsp3) is 0.385. The van der Waals surface area contributed by atoms with E-state index in [0.29, 0.717) is 6.54 Å². The number of aliphatic hydroxyl groups is 1. The lowest BCUT2D eigenvalue weighted by Crippen LogP contribution is -2.29. The molecule has 2 N–H and O–H groups in total. The van der Waals surface area contributed by atoms with Gasteiger partial charge in [-0.3, -0.25) is 0 Å². The first-order valence-electron chi connectivity index (χ1n) is 5.78. The molecule has 6 heteroatoms. The lowest BCUT2D eigenvalue weighted by atomic mass is 10.2. The highest BCUT2D eigenvalue weighted by Gasteiger charge is 2.20. The minimum absolute atomic E-state index is 0.0679. The first-order valence-corrected chi connectivity index (χ1v) is 7.22. The summed E-state index contributed by atoms with van der Waals surface area (Å²) in [5, 5.41) is 11.8. The Balaban J connectivity index is 3.04. The molecule has 0 radical (unpaired) electrons. The fourth-order valence-electron chi connectivity index (χ4n) is 1.58.